The summed E-state index contributed by atoms with van der Waals surface area (Å²) < 4.78 is 15.0. The van der Waals surface area contributed by atoms with Crippen molar-refractivity contribution in [3.63, 3.8) is 0 Å². The third-order valence-electron chi connectivity index (χ3n) is 2.44. The lowest BCUT2D eigenvalue weighted by Crippen LogP contribution is -2.06. The number of rotatable bonds is 7. The Morgan fingerprint density at radius 2 is 2.18 bits per heavy atom. The van der Waals surface area contributed by atoms with Crippen molar-refractivity contribution in [2.45, 2.75) is 6.92 Å². The predicted octanol–water partition coefficient (Wildman–Crippen LogP) is 2.50. The van der Waals surface area contributed by atoms with Gasteiger partial charge in [0.25, 0.3) is 0 Å². The first-order valence-corrected chi connectivity index (χ1v) is 6.20. The quantitative estimate of drug-likeness (QED) is 0.206. The van der Waals surface area contributed by atoms with Crippen LogP contribution in [0, 0.1) is 11.3 Å². The number of methoxy groups -OCH3 is 1. The van der Waals surface area contributed by atoms with Crippen LogP contribution in [0.5, 0.6) is 11.5 Å². The molecule has 1 aromatic carbocycles. The molecule has 1 aromatic rings. The summed E-state index contributed by atoms with van der Waals surface area (Å²) in [7, 11) is 1.41. The Labute approximate surface area is 127 Å². The first kappa shape index (κ1) is 17.1. The molecule has 0 fully saturated rings. The van der Waals surface area contributed by atoms with Crippen molar-refractivity contribution in [1.29, 1.82) is 5.26 Å². The zero-order valence-electron chi connectivity index (χ0n) is 12.2. The summed E-state index contributed by atoms with van der Waals surface area (Å²) >= 11 is 0. The fourth-order valence-corrected chi connectivity index (χ4v) is 1.51. The van der Waals surface area contributed by atoms with E-state index in [2.05, 4.69) is 11.5 Å². The maximum absolute atomic E-state index is 11.6. The Morgan fingerprint density at radius 3 is 2.73 bits per heavy atom. The van der Waals surface area contributed by atoms with E-state index >= 15 is 0 Å². The Kier molecular flexibility index (Phi) is 6.47. The predicted molar refractivity (Wildman–Crippen MR) is 76.7 cm³/mol. The molecule has 0 radical (unpaired) electrons. The number of carbonyl (C=O) groups excluding carboxylic acids is 1. The number of nitriles is 1. The number of carbonyl (C=O) groups is 1. The average molecular weight is 305 g/mol. The zero-order valence-corrected chi connectivity index (χ0v) is 12.2. The summed E-state index contributed by atoms with van der Waals surface area (Å²) in [5.74, 6) is -0.487. The summed E-state index contributed by atoms with van der Waals surface area (Å²) in [6.45, 7) is 5.13. The molecule has 22 heavy (non-hydrogen) atoms. The van der Waals surface area contributed by atoms with Gasteiger partial charge in [0.15, 0.2) is 11.5 Å². The number of hydrogen-bond donors (Lipinski definition) is 1. The fourth-order valence-electron chi connectivity index (χ4n) is 1.51. The fraction of sp³-hybridized carbons (Fsp3) is 0.200. The molecule has 1 rings (SSSR count). The summed E-state index contributed by atoms with van der Waals surface area (Å²) in [5, 5.41) is 17.4. The van der Waals surface area contributed by atoms with E-state index in [0.29, 0.717) is 11.3 Å². The maximum atomic E-state index is 11.6. The second-order valence-electron chi connectivity index (χ2n) is 3.87. The van der Waals surface area contributed by atoms with E-state index in [1.165, 1.54) is 25.3 Å². The minimum absolute atomic E-state index is 0.138. The lowest BCUT2D eigenvalue weighted by atomic mass is 10.1. The van der Waals surface area contributed by atoms with Gasteiger partial charge in [-0.3, -0.25) is 0 Å². The van der Waals surface area contributed by atoms with Crippen LogP contribution in [0.2, 0.25) is 0 Å². The smallest absolute Gasteiger partial charge is 0.348 e. The minimum Gasteiger partial charge on any atom is -0.493 e. The van der Waals surface area contributed by atoms with Crippen molar-refractivity contribution >= 4 is 12.0 Å². The van der Waals surface area contributed by atoms with Crippen LogP contribution >= 0.6 is 0 Å². The molecule has 0 atom stereocenters. The van der Waals surface area contributed by atoms with Crippen LogP contribution in [0.25, 0.3) is 6.08 Å². The Hall–Kier alpha value is -2.98. The van der Waals surface area contributed by atoms with Crippen LogP contribution in [-0.4, -0.2) is 24.9 Å². The van der Waals surface area contributed by atoms with E-state index in [1.54, 1.807) is 19.1 Å². The topological polar surface area (TPSA) is 98.0 Å². The first-order chi connectivity index (χ1) is 10.5. The third-order valence-corrected chi connectivity index (χ3v) is 2.44. The number of ether oxygens (including phenoxy) is 3. The molecule has 0 heterocycles. The van der Waals surface area contributed by atoms with Gasteiger partial charge < -0.3 is 19.1 Å². The van der Waals surface area contributed by atoms with Gasteiger partial charge >= 0.3 is 11.9 Å². The van der Waals surface area contributed by atoms with Crippen molar-refractivity contribution < 1.29 is 29.1 Å². The molecule has 7 heteroatoms. The normalized spacial score (nSPS) is 10.4. The van der Waals surface area contributed by atoms with Crippen LogP contribution < -0.4 is 9.47 Å². The number of benzene rings is 1. The largest absolute Gasteiger partial charge is 0.493 e. The van der Waals surface area contributed by atoms with Crippen molar-refractivity contribution in [1.82, 2.24) is 0 Å². The SMILES string of the molecule is C=C(OO)Oc1ccc(C=C(C#N)C(=O)OCC)cc1OC. The van der Waals surface area contributed by atoms with E-state index in [4.69, 9.17) is 24.7 Å². The number of nitrogens with zero attached hydrogens (tertiary/aromatic N) is 1. The van der Waals surface area contributed by atoms with Crippen LogP contribution in [0.15, 0.2) is 36.3 Å². The van der Waals surface area contributed by atoms with Gasteiger partial charge in [0, 0.05) is 0 Å². The highest BCUT2D eigenvalue weighted by Gasteiger charge is 2.12. The molecule has 0 aliphatic rings. The van der Waals surface area contributed by atoms with Gasteiger partial charge in [0.2, 0.25) is 0 Å². The molecule has 0 aliphatic carbocycles. The van der Waals surface area contributed by atoms with Crippen LogP contribution in [0.3, 0.4) is 0 Å². The molecule has 0 bridgehead atoms. The Balaban J connectivity index is 3.09. The van der Waals surface area contributed by atoms with Gasteiger partial charge in [-0.15, -0.1) is 0 Å². The zero-order chi connectivity index (χ0) is 16.5. The summed E-state index contributed by atoms with van der Waals surface area (Å²) in [4.78, 5) is 15.4. The maximum Gasteiger partial charge on any atom is 0.348 e. The average Bonchev–Trinajstić information content (AvgIpc) is 2.53. The van der Waals surface area contributed by atoms with Crippen molar-refractivity contribution in [2.75, 3.05) is 13.7 Å². The van der Waals surface area contributed by atoms with Gasteiger partial charge in [-0.25, -0.2) is 4.79 Å². The van der Waals surface area contributed by atoms with Gasteiger partial charge in [0.1, 0.15) is 11.6 Å². The van der Waals surface area contributed by atoms with Crippen LogP contribution in [0.1, 0.15) is 12.5 Å². The molecule has 0 saturated heterocycles. The van der Waals surface area contributed by atoms with Crippen LogP contribution in [-0.2, 0) is 14.4 Å². The molecule has 0 aliphatic heterocycles. The third kappa shape index (κ3) is 4.54. The van der Waals surface area contributed by atoms with Crippen molar-refractivity contribution in [2.24, 2.45) is 0 Å². The summed E-state index contributed by atoms with van der Waals surface area (Å²) in [6, 6.07) is 6.41. The molecular weight excluding hydrogens is 290 g/mol. The molecule has 0 unspecified atom stereocenters. The molecule has 1 N–H and O–H groups in total. The van der Waals surface area contributed by atoms with E-state index in [9.17, 15) is 4.79 Å². The molecule has 0 spiro atoms. The first-order valence-electron chi connectivity index (χ1n) is 6.20. The van der Waals surface area contributed by atoms with Crippen molar-refractivity contribution in [3.05, 3.63) is 41.9 Å². The summed E-state index contributed by atoms with van der Waals surface area (Å²) in [6.07, 6.45) is 1.36. The van der Waals surface area contributed by atoms with E-state index in [1.807, 2.05) is 0 Å². The molecule has 0 aromatic heterocycles. The highest BCUT2D eigenvalue weighted by atomic mass is 17.1. The van der Waals surface area contributed by atoms with Gasteiger partial charge in [-0.05, 0) is 37.3 Å². The van der Waals surface area contributed by atoms with Gasteiger partial charge in [-0.1, -0.05) is 6.07 Å². The van der Waals surface area contributed by atoms with Crippen LogP contribution in [0.4, 0.5) is 0 Å². The number of esters is 1. The molecule has 7 nitrogen and oxygen atoms in total. The second-order valence-corrected chi connectivity index (χ2v) is 3.87. The minimum atomic E-state index is -0.702. The molecule has 116 valence electrons. The van der Waals surface area contributed by atoms with E-state index < -0.39 is 5.97 Å². The summed E-state index contributed by atoms with van der Waals surface area (Å²) in [5.41, 5.74) is 0.394. The van der Waals surface area contributed by atoms with Crippen molar-refractivity contribution in [3.8, 4) is 17.6 Å². The van der Waals surface area contributed by atoms with E-state index in [-0.39, 0.29) is 23.9 Å². The Morgan fingerprint density at radius 1 is 1.45 bits per heavy atom. The molecule has 0 amide bonds. The molecule has 0 saturated carbocycles. The van der Waals surface area contributed by atoms with Gasteiger partial charge in [0.05, 0.1) is 13.7 Å². The van der Waals surface area contributed by atoms with E-state index in [0.717, 1.165) is 0 Å². The lowest BCUT2D eigenvalue weighted by molar-refractivity contribution is -0.230. The standard InChI is InChI=1S/C15H15NO6/c1-4-20-15(17)12(9-16)7-11-5-6-13(14(8-11)19-3)21-10(2)22-18/h5-8,18H,2,4H2,1,3H3. The number of hydrogen-bond acceptors (Lipinski definition) is 7. The lowest BCUT2D eigenvalue weighted by Gasteiger charge is -2.10. The highest BCUT2D eigenvalue weighted by Crippen LogP contribution is 2.30. The van der Waals surface area contributed by atoms with Gasteiger partial charge in [-0.2, -0.15) is 10.5 Å². The monoisotopic (exact) mass is 305 g/mol. The Bertz CT molecular complexity index is 629. The molecular formula is C15H15NO6. The second kappa shape index (κ2) is 8.34. The highest BCUT2D eigenvalue weighted by molar-refractivity contribution is 5.97.